The maximum absolute atomic E-state index is 5.57. The van der Waals surface area contributed by atoms with Gasteiger partial charge >= 0.3 is 0 Å². The maximum atomic E-state index is 5.57. The Hall–Kier alpha value is -0.0400. The molecular weight excluding hydrogens is 112 g/mol. The van der Waals surface area contributed by atoms with Crippen molar-refractivity contribution in [2.45, 2.75) is 44.8 Å². The van der Waals surface area contributed by atoms with Crippen molar-refractivity contribution in [3.63, 3.8) is 0 Å². The maximum Gasteiger partial charge on any atom is 0.0578 e. The lowest BCUT2D eigenvalue weighted by Gasteiger charge is -2.28. The van der Waals surface area contributed by atoms with Gasteiger partial charge in [-0.1, -0.05) is 6.92 Å². The van der Waals surface area contributed by atoms with Crippen LogP contribution >= 0.6 is 0 Å². The van der Waals surface area contributed by atoms with Crippen LogP contribution in [-0.2, 0) is 4.74 Å². The molecule has 53 valence electrons. The molecule has 0 amide bonds. The largest absolute Gasteiger partial charge is 0.375 e. The minimum atomic E-state index is 0.371. The highest BCUT2D eigenvalue weighted by Crippen LogP contribution is 2.23. The van der Waals surface area contributed by atoms with Gasteiger partial charge in [0.15, 0.2) is 0 Å². The van der Waals surface area contributed by atoms with Crippen LogP contribution in [0.25, 0.3) is 0 Å². The predicted octanol–water partition coefficient (Wildman–Crippen LogP) is 2.17. The lowest BCUT2D eigenvalue weighted by atomic mass is 9.96. The van der Waals surface area contributed by atoms with Gasteiger partial charge in [-0.15, -0.1) is 0 Å². The van der Waals surface area contributed by atoms with Crippen molar-refractivity contribution in [2.24, 2.45) is 0 Å². The summed E-state index contributed by atoms with van der Waals surface area (Å²) in [5.41, 5.74) is 0. The molecule has 1 fully saturated rings. The van der Waals surface area contributed by atoms with Gasteiger partial charge < -0.3 is 4.74 Å². The van der Waals surface area contributed by atoms with E-state index in [2.05, 4.69) is 13.8 Å². The number of rotatable bonds is 3. The quantitative estimate of drug-likeness (QED) is 0.564. The zero-order valence-corrected chi connectivity index (χ0v) is 6.10. The molecule has 1 aliphatic rings. The van der Waals surface area contributed by atoms with Crippen molar-refractivity contribution < 1.29 is 4.74 Å². The van der Waals surface area contributed by atoms with Crippen LogP contribution in [-0.4, -0.2) is 12.2 Å². The average molecular weight is 127 g/mol. The summed E-state index contributed by atoms with van der Waals surface area (Å²) in [7, 11) is 0. The molecule has 1 rings (SSSR count). The average Bonchev–Trinajstić information content (AvgIpc) is 1.78. The van der Waals surface area contributed by atoms with Crippen LogP contribution in [0.4, 0.5) is 0 Å². The van der Waals surface area contributed by atoms with Gasteiger partial charge in [0.2, 0.25) is 0 Å². The number of hydrogen-bond acceptors (Lipinski definition) is 1. The molecule has 1 saturated carbocycles. The van der Waals surface area contributed by atoms with Gasteiger partial charge in [0.25, 0.3) is 0 Å². The molecule has 0 aliphatic heterocycles. The van der Waals surface area contributed by atoms with E-state index in [-0.39, 0.29) is 0 Å². The van der Waals surface area contributed by atoms with E-state index in [4.69, 9.17) is 4.74 Å². The highest BCUT2D eigenvalue weighted by Gasteiger charge is 2.19. The third kappa shape index (κ3) is 1.98. The summed E-state index contributed by atoms with van der Waals surface area (Å²) in [5, 5.41) is 0. The Kier molecular flexibility index (Phi) is 2.52. The third-order valence-corrected chi connectivity index (χ3v) is 1.88. The molecule has 1 atom stereocenters. The SMILES string of the molecule is [CH2]CC(C)OC1CCC1. The lowest BCUT2D eigenvalue weighted by Crippen LogP contribution is -2.25. The van der Waals surface area contributed by atoms with Gasteiger partial charge in [-0.2, -0.15) is 0 Å². The monoisotopic (exact) mass is 127 g/mol. The molecule has 0 aromatic carbocycles. The first kappa shape index (κ1) is 7.07. The van der Waals surface area contributed by atoms with Crippen LogP contribution in [0.3, 0.4) is 0 Å². The molecule has 0 aromatic heterocycles. The van der Waals surface area contributed by atoms with Crippen LogP contribution < -0.4 is 0 Å². The molecule has 0 bridgehead atoms. The van der Waals surface area contributed by atoms with E-state index in [9.17, 15) is 0 Å². The van der Waals surface area contributed by atoms with Crippen molar-refractivity contribution in [1.82, 2.24) is 0 Å². The summed E-state index contributed by atoms with van der Waals surface area (Å²) >= 11 is 0. The highest BCUT2D eigenvalue weighted by molar-refractivity contribution is 4.70. The zero-order chi connectivity index (χ0) is 6.69. The Morgan fingerprint density at radius 3 is 2.67 bits per heavy atom. The fraction of sp³-hybridized carbons (Fsp3) is 0.875. The Morgan fingerprint density at radius 1 is 1.67 bits per heavy atom. The van der Waals surface area contributed by atoms with E-state index in [1.165, 1.54) is 19.3 Å². The summed E-state index contributed by atoms with van der Waals surface area (Å²) in [6.45, 7) is 5.86. The topological polar surface area (TPSA) is 9.23 Å². The zero-order valence-electron chi connectivity index (χ0n) is 6.10. The van der Waals surface area contributed by atoms with E-state index < -0.39 is 0 Å². The van der Waals surface area contributed by atoms with Crippen molar-refractivity contribution in [2.75, 3.05) is 0 Å². The summed E-state index contributed by atoms with van der Waals surface area (Å²) in [5.74, 6) is 0. The summed E-state index contributed by atoms with van der Waals surface area (Å²) in [6.07, 6.45) is 5.73. The first-order valence-electron chi connectivity index (χ1n) is 3.77. The molecule has 1 aliphatic carbocycles. The fourth-order valence-corrected chi connectivity index (χ4v) is 0.903. The molecule has 0 N–H and O–H groups in total. The summed E-state index contributed by atoms with van der Waals surface area (Å²) in [4.78, 5) is 0. The molecule has 1 heteroatoms. The van der Waals surface area contributed by atoms with E-state index in [1.54, 1.807) is 0 Å². The van der Waals surface area contributed by atoms with Gasteiger partial charge in [0.05, 0.1) is 12.2 Å². The minimum Gasteiger partial charge on any atom is -0.375 e. The molecular formula is C8H15O. The van der Waals surface area contributed by atoms with Gasteiger partial charge in [0, 0.05) is 0 Å². The molecule has 0 saturated heterocycles. The van der Waals surface area contributed by atoms with Crippen LogP contribution in [0.2, 0.25) is 0 Å². The van der Waals surface area contributed by atoms with Crippen LogP contribution in [0.1, 0.15) is 32.6 Å². The number of hydrogen-bond donors (Lipinski definition) is 0. The standard InChI is InChI=1S/C8H15O/c1-3-7(2)9-8-5-4-6-8/h7-8H,1,3-6H2,2H3. The Morgan fingerprint density at radius 2 is 2.33 bits per heavy atom. The molecule has 1 radical (unpaired) electrons. The number of ether oxygens (including phenoxy) is 1. The molecule has 1 unspecified atom stereocenters. The second-order valence-electron chi connectivity index (χ2n) is 2.79. The predicted molar refractivity (Wildman–Crippen MR) is 38.2 cm³/mol. The van der Waals surface area contributed by atoms with E-state index in [0.29, 0.717) is 12.2 Å². The van der Waals surface area contributed by atoms with Crippen molar-refractivity contribution in [3.05, 3.63) is 6.92 Å². The second-order valence-corrected chi connectivity index (χ2v) is 2.79. The highest BCUT2D eigenvalue weighted by atomic mass is 16.5. The van der Waals surface area contributed by atoms with E-state index >= 15 is 0 Å². The minimum absolute atomic E-state index is 0.371. The molecule has 0 heterocycles. The lowest BCUT2D eigenvalue weighted by molar-refractivity contribution is -0.0415. The Labute approximate surface area is 57.4 Å². The smallest absolute Gasteiger partial charge is 0.0578 e. The molecule has 0 spiro atoms. The normalized spacial score (nSPS) is 23.3. The van der Waals surface area contributed by atoms with Crippen molar-refractivity contribution >= 4 is 0 Å². The Bertz CT molecular complexity index is 73.9. The summed E-state index contributed by atoms with van der Waals surface area (Å²) in [6, 6.07) is 0. The Balaban J connectivity index is 2.01. The molecule has 0 aromatic rings. The van der Waals surface area contributed by atoms with Crippen molar-refractivity contribution in [1.29, 1.82) is 0 Å². The molecule has 9 heavy (non-hydrogen) atoms. The van der Waals surface area contributed by atoms with E-state index in [0.717, 1.165) is 6.42 Å². The first-order chi connectivity index (χ1) is 4.33. The van der Waals surface area contributed by atoms with Crippen LogP contribution in [0, 0.1) is 6.92 Å². The van der Waals surface area contributed by atoms with E-state index in [1.807, 2.05) is 0 Å². The fourth-order valence-electron chi connectivity index (χ4n) is 0.903. The summed E-state index contributed by atoms with van der Waals surface area (Å²) < 4.78 is 5.57. The second kappa shape index (κ2) is 3.21. The van der Waals surface area contributed by atoms with Crippen LogP contribution in [0.5, 0.6) is 0 Å². The van der Waals surface area contributed by atoms with Gasteiger partial charge in [-0.05, 0) is 32.6 Å². The van der Waals surface area contributed by atoms with Crippen LogP contribution in [0.15, 0.2) is 0 Å². The van der Waals surface area contributed by atoms with Gasteiger partial charge in [0.1, 0.15) is 0 Å². The van der Waals surface area contributed by atoms with Gasteiger partial charge in [-0.3, -0.25) is 0 Å². The van der Waals surface area contributed by atoms with Gasteiger partial charge in [-0.25, -0.2) is 0 Å². The van der Waals surface area contributed by atoms with Crippen molar-refractivity contribution in [3.8, 4) is 0 Å². The molecule has 1 nitrogen and oxygen atoms in total. The first-order valence-corrected chi connectivity index (χ1v) is 3.77. The third-order valence-electron chi connectivity index (χ3n) is 1.88.